The van der Waals surface area contributed by atoms with Crippen molar-refractivity contribution in [1.82, 2.24) is 9.55 Å². The molecule has 0 spiro atoms. The second-order valence-corrected chi connectivity index (χ2v) is 4.63. The molecule has 0 aliphatic rings. The van der Waals surface area contributed by atoms with E-state index in [2.05, 4.69) is 23.8 Å². The van der Waals surface area contributed by atoms with Crippen LogP contribution in [0.25, 0.3) is 0 Å². The number of nitrogens with zero attached hydrogens (tertiary/aromatic N) is 3. The van der Waals surface area contributed by atoms with Gasteiger partial charge in [-0.2, -0.15) is 0 Å². The molecule has 0 aliphatic heterocycles. The van der Waals surface area contributed by atoms with Crippen molar-refractivity contribution in [2.24, 2.45) is 22.4 Å². The van der Waals surface area contributed by atoms with Crippen LogP contribution in [0.15, 0.2) is 22.2 Å². The van der Waals surface area contributed by atoms with Gasteiger partial charge in [-0.25, -0.2) is 0 Å². The molecule has 6 heteroatoms. The minimum atomic E-state index is -0.0177. The zero-order valence-electron chi connectivity index (χ0n) is 11.0. The Labute approximate surface area is 107 Å². The largest absolute Gasteiger partial charge is 0.370 e. The second-order valence-electron chi connectivity index (χ2n) is 4.63. The van der Waals surface area contributed by atoms with Crippen LogP contribution in [-0.4, -0.2) is 22.1 Å². The zero-order chi connectivity index (χ0) is 13.5. The molecule has 18 heavy (non-hydrogen) atoms. The molecule has 0 aliphatic carbocycles. The fraction of sp³-hybridized carbons (Fsp3) is 0.583. The summed E-state index contributed by atoms with van der Waals surface area (Å²) in [5, 5.41) is 0. The van der Waals surface area contributed by atoms with Gasteiger partial charge in [-0.3, -0.25) is 14.8 Å². The van der Waals surface area contributed by atoms with Crippen LogP contribution >= 0.6 is 0 Å². The predicted molar refractivity (Wildman–Crippen MR) is 72.3 cm³/mol. The van der Waals surface area contributed by atoms with Gasteiger partial charge in [0.1, 0.15) is 5.69 Å². The molecule has 1 rings (SSSR count). The number of hydrogen-bond donors (Lipinski definition) is 2. The van der Waals surface area contributed by atoms with Crippen LogP contribution in [0.2, 0.25) is 0 Å². The summed E-state index contributed by atoms with van der Waals surface area (Å²) in [7, 11) is 0. The third kappa shape index (κ3) is 4.57. The molecule has 4 N–H and O–H groups in total. The quantitative estimate of drug-likeness (QED) is 0.425. The molecule has 0 unspecified atom stereocenters. The summed E-state index contributed by atoms with van der Waals surface area (Å²) in [5.74, 6) is 0.500. The van der Waals surface area contributed by atoms with Gasteiger partial charge in [0.05, 0.1) is 0 Å². The van der Waals surface area contributed by atoms with Crippen LogP contribution in [0, 0.1) is 5.92 Å². The van der Waals surface area contributed by atoms with Crippen molar-refractivity contribution in [3.05, 3.63) is 28.4 Å². The number of hydrogen-bond acceptors (Lipinski definition) is 3. The van der Waals surface area contributed by atoms with E-state index < -0.39 is 0 Å². The van der Waals surface area contributed by atoms with Crippen LogP contribution in [0.4, 0.5) is 0 Å². The SMILES string of the molecule is CC(C)Cc1nccn(CCCN=C(N)N)c1=O. The normalized spacial score (nSPS) is 10.6. The molecule has 1 heterocycles. The van der Waals surface area contributed by atoms with Gasteiger partial charge in [0, 0.05) is 25.5 Å². The first-order valence-corrected chi connectivity index (χ1v) is 6.10. The van der Waals surface area contributed by atoms with E-state index >= 15 is 0 Å². The average molecular weight is 251 g/mol. The van der Waals surface area contributed by atoms with E-state index in [0.717, 1.165) is 6.42 Å². The fourth-order valence-corrected chi connectivity index (χ4v) is 1.64. The van der Waals surface area contributed by atoms with Crippen molar-refractivity contribution in [3.63, 3.8) is 0 Å². The maximum absolute atomic E-state index is 12.0. The highest BCUT2D eigenvalue weighted by Crippen LogP contribution is 2.00. The Bertz CT molecular complexity index is 460. The van der Waals surface area contributed by atoms with Gasteiger partial charge in [0.25, 0.3) is 5.56 Å². The van der Waals surface area contributed by atoms with Gasteiger partial charge in [0.2, 0.25) is 0 Å². The number of aryl methyl sites for hydroxylation is 1. The van der Waals surface area contributed by atoms with E-state index in [1.54, 1.807) is 17.0 Å². The molecule has 0 aromatic carbocycles. The summed E-state index contributed by atoms with van der Waals surface area (Å²) in [6.07, 6.45) is 4.79. The summed E-state index contributed by atoms with van der Waals surface area (Å²) in [6, 6.07) is 0. The number of rotatable bonds is 6. The van der Waals surface area contributed by atoms with Crippen LogP contribution < -0.4 is 17.0 Å². The molecule has 0 amide bonds. The molecule has 0 radical (unpaired) electrons. The van der Waals surface area contributed by atoms with Crippen LogP contribution in [-0.2, 0) is 13.0 Å². The van der Waals surface area contributed by atoms with E-state index in [-0.39, 0.29) is 11.5 Å². The number of guanidine groups is 1. The lowest BCUT2D eigenvalue weighted by Crippen LogP contribution is -2.26. The number of aliphatic imine (C=N–C) groups is 1. The van der Waals surface area contributed by atoms with Crippen molar-refractivity contribution in [2.75, 3.05) is 6.54 Å². The summed E-state index contributed by atoms with van der Waals surface area (Å²) >= 11 is 0. The van der Waals surface area contributed by atoms with Crippen molar-refractivity contribution >= 4 is 5.96 Å². The standard InChI is InChI=1S/C12H21N5O/c1-9(2)8-10-11(18)17(7-5-15-10)6-3-4-16-12(13)14/h5,7,9H,3-4,6,8H2,1-2H3,(H4,13,14,16). The minimum absolute atomic E-state index is 0.0177. The molecular formula is C12H21N5O. The van der Waals surface area contributed by atoms with Gasteiger partial charge >= 0.3 is 0 Å². The first kappa shape index (κ1) is 14.2. The lowest BCUT2D eigenvalue weighted by atomic mass is 10.1. The average Bonchev–Trinajstić information content (AvgIpc) is 2.28. The maximum atomic E-state index is 12.0. The van der Waals surface area contributed by atoms with Crippen molar-refractivity contribution in [3.8, 4) is 0 Å². The number of nitrogens with two attached hydrogens (primary N) is 2. The highest BCUT2D eigenvalue weighted by molar-refractivity contribution is 5.75. The molecule has 0 saturated heterocycles. The van der Waals surface area contributed by atoms with Crippen LogP contribution in [0.3, 0.4) is 0 Å². The monoisotopic (exact) mass is 251 g/mol. The molecule has 0 bridgehead atoms. The highest BCUT2D eigenvalue weighted by Gasteiger charge is 2.06. The molecule has 0 fully saturated rings. The Morgan fingerprint density at radius 3 is 2.83 bits per heavy atom. The second kappa shape index (κ2) is 6.78. The first-order chi connectivity index (χ1) is 8.50. The summed E-state index contributed by atoms with van der Waals surface area (Å²) in [4.78, 5) is 20.1. The molecule has 1 aromatic rings. The van der Waals surface area contributed by atoms with Crippen LogP contribution in [0.5, 0.6) is 0 Å². The highest BCUT2D eigenvalue weighted by atomic mass is 16.1. The van der Waals surface area contributed by atoms with Gasteiger partial charge < -0.3 is 16.0 Å². The van der Waals surface area contributed by atoms with Gasteiger partial charge in [-0.05, 0) is 18.8 Å². The molecule has 0 saturated carbocycles. The third-order valence-corrected chi connectivity index (χ3v) is 2.44. The van der Waals surface area contributed by atoms with Crippen LogP contribution in [0.1, 0.15) is 26.0 Å². The van der Waals surface area contributed by atoms with Crippen molar-refractivity contribution in [2.45, 2.75) is 33.2 Å². The molecule has 1 aromatic heterocycles. The summed E-state index contributed by atoms with van der Waals surface area (Å²) in [6.45, 7) is 5.26. The molecular weight excluding hydrogens is 230 g/mol. The lowest BCUT2D eigenvalue weighted by Gasteiger charge is -2.08. The fourth-order valence-electron chi connectivity index (χ4n) is 1.64. The lowest BCUT2D eigenvalue weighted by molar-refractivity contribution is 0.587. The maximum Gasteiger partial charge on any atom is 0.272 e. The predicted octanol–water partition coefficient (Wildman–Crippen LogP) is 0.105. The molecule has 0 atom stereocenters. The number of aromatic nitrogens is 2. The Morgan fingerprint density at radius 2 is 2.22 bits per heavy atom. The van der Waals surface area contributed by atoms with E-state index in [9.17, 15) is 4.79 Å². The van der Waals surface area contributed by atoms with E-state index in [4.69, 9.17) is 11.5 Å². The van der Waals surface area contributed by atoms with Crippen molar-refractivity contribution < 1.29 is 0 Å². The van der Waals surface area contributed by atoms with Gasteiger partial charge in [-0.15, -0.1) is 0 Å². The Morgan fingerprint density at radius 1 is 1.50 bits per heavy atom. The molecule has 100 valence electrons. The molecule has 6 nitrogen and oxygen atoms in total. The third-order valence-electron chi connectivity index (χ3n) is 2.44. The van der Waals surface area contributed by atoms with Crippen molar-refractivity contribution in [1.29, 1.82) is 0 Å². The summed E-state index contributed by atoms with van der Waals surface area (Å²) < 4.78 is 1.66. The minimum Gasteiger partial charge on any atom is -0.370 e. The summed E-state index contributed by atoms with van der Waals surface area (Å²) in [5.41, 5.74) is 11.1. The zero-order valence-corrected chi connectivity index (χ0v) is 11.0. The first-order valence-electron chi connectivity index (χ1n) is 6.10. The van der Waals surface area contributed by atoms with Gasteiger partial charge in [-0.1, -0.05) is 13.8 Å². The van der Waals surface area contributed by atoms with E-state index in [1.165, 1.54) is 0 Å². The van der Waals surface area contributed by atoms with Gasteiger partial charge in [0.15, 0.2) is 5.96 Å². The van der Waals surface area contributed by atoms with E-state index in [1.807, 2.05) is 0 Å². The Hall–Kier alpha value is -1.85. The smallest absolute Gasteiger partial charge is 0.272 e. The van der Waals surface area contributed by atoms with E-state index in [0.29, 0.717) is 31.1 Å². The topological polar surface area (TPSA) is 99.3 Å². The Kier molecular flexibility index (Phi) is 5.35. The Balaban J connectivity index is 2.66.